The Labute approximate surface area is 92.8 Å². The summed E-state index contributed by atoms with van der Waals surface area (Å²) in [5.74, 6) is 0.641. The monoisotopic (exact) mass is 213 g/mol. The molecule has 0 unspecified atom stereocenters. The van der Waals surface area contributed by atoms with E-state index in [0.717, 1.165) is 0 Å². The van der Waals surface area contributed by atoms with Crippen LogP contribution in [0.2, 0.25) is 0 Å². The molecule has 1 aromatic carbocycles. The highest BCUT2D eigenvalue weighted by Crippen LogP contribution is 2.12. The third-order valence-electron chi connectivity index (χ3n) is 2.61. The Balaban J connectivity index is 2.99. The Kier molecular flexibility index (Phi) is 2.45. The lowest BCUT2D eigenvalue weighted by Crippen LogP contribution is -2.23. The standard InChI is InChI=1S/C12H11N3O/c1-3-15-8(2)14-11-9(7-13)5-4-6-10(11)12(15)16/h4-6H,3H2,1-2H3. The number of para-hydroxylation sites is 1. The van der Waals surface area contributed by atoms with E-state index >= 15 is 0 Å². The van der Waals surface area contributed by atoms with Gasteiger partial charge in [0.15, 0.2) is 0 Å². The summed E-state index contributed by atoms with van der Waals surface area (Å²) in [7, 11) is 0. The van der Waals surface area contributed by atoms with Crippen molar-refractivity contribution in [2.45, 2.75) is 20.4 Å². The lowest BCUT2D eigenvalue weighted by atomic mass is 10.1. The number of hydrogen-bond acceptors (Lipinski definition) is 3. The fourth-order valence-electron chi connectivity index (χ4n) is 1.81. The van der Waals surface area contributed by atoms with Gasteiger partial charge in [-0.2, -0.15) is 5.26 Å². The van der Waals surface area contributed by atoms with Gasteiger partial charge in [-0.25, -0.2) is 4.98 Å². The highest BCUT2D eigenvalue weighted by atomic mass is 16.1. The number of aromatic nitrogens is 2. The molecule has 0 fully saturated rings. The molecule has 4 heteroatoms. The molecular weight excluding hydrogens is 202 g/mol. The number of aryl methyl sites for hydroxylation is 1. The predicted molar refractivity (Wildman–Crippen MR) is 61.1 cm³/mol. The van der Waals surface area contributed by atoms with Crippen LogP contribution in [0.1, 0.15) is 18.3 Å². The quantitative estimate of drug-likeness (QED) is 0.722. The molecule has 4 nitrogen and oxygen atoms in total. The molecule has 0 radical (unpaired) electrons. The minimum atomic E-state index is -0.0814. The van der Waals surface area contributed by atoms with Gasteiger partial charge in [0.25, 0.3) is 5.56 Å². The molecule has 0 aliphatic rings. The molecule has 0 aliphatic carbocycles. The lowest BCUT2D eigenvalue weighted by molar-refractivity contribution is 0.685. The van der Waals surface area contributed by atoms with Gasteiger partial charge in [0.2, 0.25) is 0 Å². The van der Waals surface area contributed by atoms with Crippen LogP contribution >= 0.6 is 0 Å². The maximum atomic E-state index is 12.1. The highest BCUT2D eigenvalue weighted by Gasteiger charge is 2.09. The second kappa shape index (κ2) is 3.78. The number of nitriles is 1. The first-order valence-electron chi connectivity index (χ1n) is 5.09. The zero-order valence-electron chi connectivity index (χ0n) is 9.19. The normalized spacial score (nSPS) is 10.3. The first kappa shape index (κ1) is 10.4. The molecule has 0 atom stereocenters. The number of nitrogens with zero attached hydrogens (tertiary/aromatic N) is 3. The van der Waals surface area contributed by atoms with E-state index in [2.05, 4.69) is 11.1 Å². The van der Waals surface area contributed by atoms with Crippen LogP contribution in [0.25, 0.3) is 10.9 Å². The van der Waals surface area contributed by atoms with E-state index in [-0.39, 0.29) is 5.56 Å². The molecular formula is C12H11N3O. The van der Waals surface area contributed by atoms with Crippen molar-refractivity contribution >= 4 is 10.9 Å². The first-order chi connectivity index (χ1) is 7.69. The average molecular weight is 213 g/mol. The minimum absolute atomic E-state index is 0.0814. The Morgan fingerprint density at radius 2 is 2.25 bits per heavy atom. The fourth-order valence-corrected chi connectivity index (χ4v) is 1.81. The van der Waals surface area contributed by atoms with E-state index < -0.39 is 0 Å². The predicted octanol–water partition coefficient (Wildman–Crippen LogP) is 1.60. The molecule has 2 rings (SSSR count). The molecule has 1 heterocycles. The Bertz CT molecular complexity index is 650. The molecule has 0 aliphatic heterocycles. The van der Waals surface area contributed by atoms with Gasteiger partial charge in [-0.05, 0) is 26.0 Å². The van der Waals surface area contributed by atoms with Crippen LogP contribution in [0.15, 0.2) is 23.0 Å². The van der Waals surface area contributed by atoms with Gasteiger partial charge < -0.3 is 0 Å². The van der Waals surface area contributed by atoms with Gasteiger partial charge in [0.1, 0.15) is 11.9 Å². The number of fused-ring (bicyclic) bond motifs is 1. The SMILES string of the molecule is CCn1c(C)nc2c(C#N)cccc2c1=O. The third-order valence-corrected chi connectivity index (χ3v) is 2.61. The summed E-state index contributed by atoms with van der Waals surface area (Å²) in [4.78, 5) is 16.4. The van der Waals surface area contributed by atoms with Crippen LogP contribution in [0, 0.1) is 18.3 Å². The first-order valence-corrected chi connectivity index (χ1v) is 5.09. The Hall–Kier alpha value is -2.15. The lowest BCUT2D eigenvalue weighted by Gasteiger charge is -2.08. The Morgan fingerprint density at radius 3 is 2.88 bits per heavy atom. The van der Waals surface area contributed by atoms with Crippen molar-refractivity contribution in [3.63, 3.8) is 0 Å². The van der Waals surface area contributed by atoms with Gasteiger partial charge in [-0.15, -0.1) is 0 Å². The van der Waals surface area contributed by atoms with Crippen LogP contribution in [0.3, 0.4) is 0 Å². The molecule has 2 aromatic rings. The third kappa shape index (κ3) is 1.38. The highest BCUT2D eigenvalue weighted by molar-refractivity contribution is 5.83. The molecule has 0 saturated heterocycles. The fraction of sp³-hybridized carbons (Fsp3) is 0.250. The van der Waals surface area contributed by atoms with Crippen molar-refractivity contribution in [2.75, 3.05) is 0 Å². The van der Waals surface area contributed by atoms with E-state index in [1.165, 1.54) is 0 Å². The topological polar surface area (TPSA) is 58.7 Å². The van der Waals surface area contributed by atoms with Gasteiger partial charge in [-0.1, -0.05) is 6.07 Å². The van der Waals surface area contributed by atoms with Crippen LogP contribution in [-0.4, -0.2) is 9.55 Å². The van der Waals surface area contributed by atoms with E-state index in [1.807, 2.05) is 6.92 Å². The van der Waals surface area contributed by atoms with Crippen LogP contribution in [0.5, 0.6) is 0 Å². The molecule has 1 aromatic heterocycles. The second-order valence-corrected chi connectivity index (χ2v) is 3.52. The molecule has 0 saturated carbocycles. The minimum Gasteiger partial charge on any atom is -0.297 e. The van der Waals surface area contributed by atoms with E-state index in [1.54, 1.807) is 29.7 Å². The average Bonchev–Trinajstić information content (AvgIpc) is 2.29. The summed E-state index contributed by atoms with van der Waals surface area (Å²) in [5, 5.41) is 9.45. The largest absolute Gasteiger partial charge is 0.297 e. The molecule has 0 amide bonds. The summed E-state index contributed by atoms with van der Waals surface area (Å²) in [5.41, 5.74) is 0.861. The molecule has 16 heavy (non-hydrogen) atoms. The van der Waals surface area contributed by atoms with Crippen molar-refractivity contribution < 1.29 is 0 Å². The maximum absolute atomic E-state index is 12.1. The van der Waals surface area contributed by atoms with Gasteiger partial charge >= 0.3 is 0 Å². The summed E-state index contributed by atoms with van der Waals surface area (Å²) in [6.07, 6.45) is 0. The summed E-state index contributed by atoms with van der Waals surface area (Å²) in [6.45, 7) is 4.26. The number of rotatable bonds is 1. The van der Waals surface area contributed by atoms with E-state index in [9.17, 15) is 4.79 Å². The zero-order valence-corrected chi connectivity index (χ0v) is 9.19. The van der Waals surface area contributed by atoms with E-state index in [0.29, 0.717) is 28.8 Å². The van der Waals surface area contributed by atoms with Crippen LogP contribution in [-0.2, 0) is 6.54 Å². The van der Waals surface area contributed by atoms with Crippen molar-refractivity contribution in [1.82, 2.24) is 9.55 Å². The molecule has 0 N–H and O–H groups in total. The summed E-state index contributed by atoms with van der Waals surface area (Å²) in [6, 6.07) is 7.14. The number of benzene rings is 1. The zero-order chi connectivity index (χ0) is 11.7. The molecule has 0 spiro atoms. The van der Waals surface area contributed by atoms with Crippen molar-refractivity contribution in [2.24, 2.45) is 0 Å². The van der Waals surface area contributed by atoms with Crippen LogP contribution < -0.4 is 5.56 Å². The molecule has 80 valence electrons. The van der Waals surface area contributed by atoms with Gasteiger partial charge in [0, 0.05) is 6.54 Å². The summed E-state index contributed by atoms with van der Waals surface area (Å²) < 4.78 is 1.60. The van der Waals surface area contributed by atoms with Crippen molar-refractivity contribution in [1.29, 1.82) is 5.26 Å². The van der Waals surface area contributed by atoms with Gasteiger partial charge in [0.05, 0.1) is 16.5 Å². The molecule has 0 bridgehead atoms. The van der Waals surface area contributed by atoms with Crippen molar-refractivity contribution in [3.8, 4) is 6.07 Å². The van der Waals surface area contributed by atoms with Gasteiger partial charge in [-0.3, -0.25) is 9.36 Å². The summed E-state index contributed by atoms with van der Waals surface area (Å²) >= 11 is 0. The van der Waals surface area contributed by atoms with Crippen LogP contribution in [0.4, 0.5) is 0 Å². The van der Waals surface area contributed by atoms with Crippen molar-refractivity contribution in [3.05, 3.63) is 39.9 Å². The maximum Gasteiger partial charge on any atom is 0.261 e. The number of hydrogen-bond donors (Lipinski definition) is 0. The smallest absolute Gasteiger partial charge is 0.261 e. The van der Waals surface area contributed by atoms with E-state index in [4.69, 9.17) is 5.26 Å². The Morgan fingerprint density at radius 1 is 1.50 bits per heavy atom. The second-order valence-electron chi connectivity index (χ2n) is 3.52.